The fourth-order valence-corrected chi connectivity index (χ4v) is 4.84. The third-order valence-electron chi connectivity index (χ3n) is 6.96. The maximum absolute atomic E-state index is 14.8. The zero-order valence-electron chi connectivity index (χ0n) is 23.4. The second kappa shape index (κ2) is 12.0. The molecule has 0 atom stereocenters. The zero-order valence-corrected chi connectivity index (χ0v) is 23.4. The number of alkyl halides is 3. The van der Waals surface area contributed by atoms with Crippen molar-refractivity contribution in [3.63, 3.8) is 0 Å². The summed E-state index contributed by atoms with van der Waals surface area (Å²) in [4.78, 5) is 30.0. The summed E-state index contributed by atoms with van der Waals surface area (Å²) in [5, 5.41) is 5.71. The van der Waals surface area contributed by atoms with E-state index < -0.39 is 23.4 Å². The average Bonchev–Trinajstić information content (AvgIpc) is 2.98. The number of anilines is 3. The molecule has 4 aromatic rings. The molecule has 2 aromatic carbocycles. The van der Waals surface area contributed by atoms with Crippen LogP contribution in [0.2, 0.25) is 0 Å². The summed E-state index contributed by atoms with van der Waals surface area (Å²) >= 11 is 0. The van der Waals surface area contributed by atoms with E-state index in [4.69, 9.17) is 4.74 Å². The molecule has 0 radical (unpaired) electrons. The van der Waals surface area contributed by atoms with Gasteiger partial charge in [-0.3, -0.25) is 4.79 Å². The molecule has 218 valence electrons. The molecule has 0 spiro atoms. The number of likely N-dealkylation sites (N-methyl/N-ethyl adjacent to an activating group) is 1. The van der Waals surface area contributed by atoms with E-state index in [9.17, 15) is 18.0 Å². The van der Waals surface area contributed by atoms with E-state index in [-0.39, 0.29) is 22.8 Å². The first-order valence-electron chi connectivity index (χ1n) is 13.3. The minimum absolute atomic E-state index is 0.0648. The van der Waals surface area contributed by atoms with Crippen molar-refractivity contribution in [2.75, 3.05) is 55.8 Å². The number of benzene rings is 2. The van der Waals surface area contributed by atoms with Crippen molar-refractivity contribution in [2.45, 2.75) is 13.1 Å². The third-order valence-corrected chi connectivity index (χ3v) is 6.96. The largest absolute Gasteiger partial charge is 0.435 e. The highest BCUT2D eigenvalue weighted by molar-refractivity contribution is 6.06. The van der Waals surface area contributed by atoms with Crippen molar-refractivity contribution in [2.24, 2.45) is 0 Å². The highest BCUT2D eigenvalue weighted by atomic mass is 19.4. The summed E-state index contributed by atoms with van der Waals surface area (Å²) < 4.78 is 50.5. The summed E-state index contributed by atoms with van der Waals surface area (Å²) in [6.45, 7) is 3.43. The molecule has 12 heteroatoms. The van der Waals surface area contributed by atoms with Gasteiger partial charge in [-0.25, -0.2) is 15.0 Å². The van der Waals surface area contributed by atoms with E-state index in [2.05, 4.69) is 30.5 Å². The van der Waals surface area contributed by atoms with Gasteiger partial charge in [-0.05, 0) is 55.9 Å². The SMILES string of the molecule is CNc1nccc(-c2cccnc2Oc2c(N3CCN(C)CC3)c(NC(=O)c3ccccc3)cc(C)c2C(F)(F)F)n1. The molecule has 1 aliphatic heterocycles. The quantitative estimate of drug-likeness (QED) is 0.289. The molecule has 0 unspecified atom stereocenters. The number of aromatic nitrogens is 3. The molecule has 1 saturated heterocycles. The monoisotopic (exact) mass is 577 g/mol. The summed E-state index contributed by atoms with van der Waals surface area (Å²) in [5.74, 6) is -0.614. The van der Waals surface area contributed by atoms with Crippen LogP contribution < -0.4 is 20.3 Å². The number of carbonyl (C=O) groups is 1. The third kappa shape index (κ3) is 6.13. The number of hydrogen-bond donors (Lipinski definition) is 2. The Hall–Kier alpha value is -4.71. The number of carbonyl (C=O) groups excluding carboxylic acids is 1. The van der Waals surface area contributed by atoms with Crippen LogP contribution in [0.3, 0.4) is 0 Å². The van der Waals surface area contributed by atoms with Crippen LogP contribution in [0.1, 0.15) is 21.5 Å². The molecule has 42 heavy (non-hydrogen) atoms. The summed E-state index contributed by atoms with van der Waals surface area (Å²) in [6.07, 6.45) is -1.78. The topological polar surface area (TPSA) is 95.5 Å². The molecule has 2 aromatic heterocycles. The zero-order chi connectivity index (χ0) is 29.9. The van der Waals surface area contributed by atoms with Gasteiger partial charge < -0.3 is 25.2 Å². The molecule has 0 aliphatic carbocycles. The van der Waals surface area contributed by atoms with Crippen LogP contribution in [-0.2, 0) is 6.18 Å². The van der Waals surface area contributed by atoms with Crippen LogP contribution in [0, 0.1) is 6.92 Å². The fourth-order valence-electron chi connectivity index (χ4n) is 4.84. The van der Waals surface area contributed by atoms with Crippen molar-refractivity contribution in [1.82, 2.24) is 19.9 Å². The number of ether oxygens (including phenoxy) is 1. The Bertz CT molecular complexity index is 1570. The van der Waals surface area contributed by atoms with Crippen molar-refractivity contribution in [1.29, 1.82) is 0 Å². The van der Waals surface area contributed by atoms with Crippen molar-refractivity contribution >= 4 is 23.2 Å². The predicted molar refractivity (Wildman–Crippen MR) is 155 cm³/mol. The maximum atomic E-state index is 14.8. The Morgan fingerprint density at radius 2 is 1.71 bits per heavy atom. The molecule has 1 aliphatic rings. The lowest BCUT2D eigenvalue weighted by Gasteiger charge is -2.37. The van der Waals surface area contributed by atoms with Gasteiger partial charge in [0.1, 0.15) is 11.3 Å². The van der Waals surface area contributed by atoms with Gasteiger partial charge in [0, 0.05) is 51.2 Å². The van der Waals surface area contributed by atoms with Crippen LogP contribution in [0.5, 0.6) is 11.6 Å². The fraction of sp³-hybridized carbons (Fsp3) is 0.267. The van der Waals surface area contributed by atoms with Crippen LogP contribution in [0.15, 0.2) is 67.0 Å². The first-order chi connectivity index (χ1) is 20.2. The lowest BCUT2D eigenvalue weighted by atomic mass is 10.0. The molecule has 3 heterocycles. The van der Waals surface area contributed by atoms with E-state index in [0.717, 1.165) is 0 Å². The Morgan fingerprint density at radius 1 is 0.976 bits per heavy atom. The number of pyridine rings is 1. The Morgan fingerprint density at radius 3 is 2.40 bits per heavy atom. The second-order valence-electron chi connectivity index (χ2n) is 9.88. The van der Waals surface area contributed by atoms with Crippen LogP contribution in [0.4, 0.5) is 30.5 Å². The lowest BCUT2D eigenvalue weighted by molar-refractivity contribution is -0.139. The smallest absolute Gasteiger partial charge is 0.420 e. The minimum atomic E-state index is -4.76. The number of halogens is 3. The molecule has 1 fully saturated rings. The van der Waals surface area contributed by atoms with Gasteiger partial charge >= 0.3 is 6.18 Å². The van der Waals surface area contributed by atoms with E-state index in [1.165, 1.54) is 25.4 Å². The number of aryl methyl sites for hydroxylation is 1. The Labute approximate surface area is 241 Å². The summed E-state index contributed by atoms with van der Waals surface area (Å²) in [7, 11) is 3.61. The predicted octanol–water partition coefficient (Wildman–Crippen LogP) is 5.70. The van der Waals surface area contributed by atoms with Gasteiger partial charge in [0.05, 0.1) is 16.9 Å². The molecule has 5 rings (SSSR count). The van der Waals surface area contributed by atoms with Gasteiger partial charge in [-0.15, -0.1) is 0 Å². The number of rotatable bonds is 7. The molecule has 0 saturated carbocycles. The van der Waals surface area contributed by atoms with Crippen LogP contribution in [-0.4, -0.2) is 66.0 Å². The van der Waals surface area contributed by atoms with Gasteiger partial charge in [0.25, 0.3) is 5.91 Å². The maximum Gasteiger partial charge on any atom is 0.420 e. The molecule has 0 bridgehead atoms. The van der Waals surface area contributed by atoms with E-state index in [1.807, 2.05) is 11.9 Å². The number of piperazine rings is 1. The standard InChI is InChI=1S/C30H30F3N7O2/c1-19-18-23(37-27(41)20-8-5-4-6-9-20)25(40-16-14-39(3)15-17-40)26(24(19)30(31,32)33)42-28-21(10-7-12-35-28)22-11-13-36-29(34-2)38-22/h4-13,18H,14-17H2,1-3H3,(H,37,41)(H,34,36,38). The molecular formula is C30H30F3N7O2. The normalized spacial score (nSPS) is 14.0. The van der Waals surface area contributed by atoms with Gasteiger partial charge in [0.15, 0.2) is 5.75 Å². The molecule has 9 nitrogen and oxygen atoms in total. The minimum Gasteiger partial charge on any atom is -0.435 e. The van der Waals surface area contributed by atoms with Crippen LogP contribution in [0.25, 0.3) is 11.3 Å². The Kier molecular flexibility index (Phi) is 8.25. The lowest BCUT2D eigenvalue weighted by Crippen LogP contribution is -2.45. The number of nitrogens with zero attached hydrogens (tertiary/aromatic N) is 5. The number of amides is 1. The molecule has 2 N–H and O–H groups in total. The van der Waals surface area contributed by atoms with Gasteiger partial charge in [-0.2, -0.15) is 13.2 Å². The van der Waals surface area contributed by atoms with Gasteiger partial charge in [0.2, 0.25) is 11.8 Å². The number of hydrogen-bond acceptors (Lipinski definition) is 8. The first-order valence-corrected chi connectivity index (χ1v) is 13.3. The van der Waals surface area contributed by atoms with Crippen molar-refractivity contribution < 1.29 is 22.7 Å². The van der Waals surface area contributed by atoms with E-state index >= 15 is 0 Å². The average molecular weight is 578 g/mol. The second-order valence-corrected chi connectivity index (χ2v) is 9.88. The van der Waals surface area contributed by atoms with E-state index in [1.54, 1.807) is 55.6 Å². The first kappa shape index (κ1) is 28.8. The molecule has 1 amide bonds. The molecular weight excluding hydrogens is 547 g/mol. The van der Waals surface area contributed by atoms with Crippen molar-refractivity contribution in [3.05, 3.63) is 83.7 Å². The van der Waals surface area contributed by atoms with E-state index in [0.29, 0.717) is 48.9 Å². The van der Waals surface area contributed by atoms with Crippen molar-refractivity contribution in [3.8, 4) is 22.9 Å². The Balaban J connectivity index is 1.70. The highest BCUT2D eigenvalue weighted by Crippen LogP contribution is 2.50. The summed E-state index contributed by atoms with van der Waals surface area (Å²) in [5.41, 5.74) is 0.479. The summed E-state index contributed by atoms with van der Waals surface area (Å²) in [6, 6.07) is 14.8. The van der Waals surface area contributed by atoms with Gasteiger partial charge in [-0.1, -0.05) is 18.2 Å². The highest BCUT2D eigenvalue weighted by Gasteiger charge is 2.40. The number of nitrogens with one attached hydrogen (secondary N) is 2. The van der Waals surface area contributed by atoms with Crippen LogP contribution >= 0.6 is 0 Å².